The molecule has 0 spiro atoms. The zero-order chi connectivity index (χ0) is 7.23. The Hall–Kier alpha value is 0.690. The highest BCUT2D eigenvalue weighted by Gasteiger charge is 2.10. The average molecular weight is 253 g/mol. The van der Waals surface area contributed by atoms with E-state index in [4.69, 9.17) is 0 Å². The third kappa shape index (κ3) is 3.19. The van der Waals surface area contributed by atoms with Crippen molar-refractivity contribution in [3.63, 3.8) is 0 Å². The predicted octanol–water partition coefficient (Wildman–Crippen LogP) is 2.34. The number of piperidine rings is 1. The van der Waals surface area contributed by atoms with Gasteiger partial charge in [-0.3, -0.25) is 0 Å². The minimum atomic E-state index is 0.850. The van der Waals surface area contributed by atoms with Crippen molar-refractivity contribution >= 4 is 22.6 Å². The van der Waals surface area contributed by atoms with Gasteiger partial charge in [-0.1, -0.05) is 29.0 Å². The van der Waals surface area contributed by atoms with Crippen molar-refractivity contribution in [2.75, 3.05) is 11.0 Å². The summed E-state index contributed by atoms with van der Waals surface area (Å²) < 4.78 is 1.32. The van der Waals surface area contributed by atoms with E-state index in [0.717, 1.165) is 6.04 Å². The molecule has 1 nitrogen and oxygen atoms in total. The van der Waals surface area contributed by atoms with E-state index in [9.17, 15) is 0 Å². The number of hydrogen-bond acceptors (Lipinski definition) is 1. The largest absolute Gasteiger partial charge is 0.314 e. The van der Waals surface area contributed by atoms with Crippen LogP contribution in [0.3, 0.4) is 0 Å². The molecular formula is C8H16IN. The van der Waals surface area contributed by atoms with Crippen LogP contribution in [0.5, 0.6) is 0 Å². The molecule has 1 rings (SSSR count). The molecule has 0 unspecified atom stereocenters. The highest BCUT2D eigenvalue weighted by atomic mass is 127. The lowest BCUT2D eigenvalue weighted by Gasteiger charge is -2.22. The van der Waals surface area contributed by atoms with Gasteiger partial charge >= 0.3 is 0 Å². The highest BCUT2D eigenvalue weighted by molar-refractivity contribution is 14.1. The van der Waals surface area contributed by atoms with Crippen molar-refractivity contribution < 1.29 is 0 Å². The number of rotatable bonds is 3. The summed E-state index contributed by atoms with van der Waals surface area (Å²) in [6, 6.07) is 0.850. The second-order valence-corrected chi connectivity index (χ2v) is 4.06. The zero-order valence-electron chi connectivity index (χ0n) is 6.41. The van der Waals surface area contributed by atoms with Crippen LogP contribution >= 0.6 is 22.6 Å². The van der Waals surface area contributed by atoms with Crippen molar-refractivity contribution in [1.82, 2.24) is 5.32 Å². The van der Waals surface area contributed by atoms with Crippen LogP contribution in [-0.4, -0.2) is 17.0 Å². The molecule has 1 atom stereocenters. The lowest BCUT2D eigenvalue weighted by atomic mass is 10.0. The highest BCUT2D eigenvalue weighted by Crippen LogP contribution is 2.11. The lowest BCUT2D eigenvalue weighted by Crippen LogP contribution is -2.33. The van der Waals surface area contributed by atoms with E-state index in [1.54, 1.807) is 0 Å². The Morgan fingerprint density at radius 1 is 1.40 bits per heavy atom. The smallest absolute Gasteiger partial charge is 0.00673 e. The Kier molecular flexibility index (Phi) is 4.70. The number of hydrogen-bond donors (Lipinski definition) is 1. The molecular weight excluding hydrogens is 237 g/mol. The molecule has 1 fully saturated rings. The third-order valence-corrected chi connectivity index (χ3v) is 2.86. The van der Waals surface area contributed by atoms with Crippen LogP contribution in [0.4, 0.5) is 0 Å². The summed E-state index contributed by atoms with van der Waals surface area (Å²) >= 11 is 2.46. The molecule has 0 saturated carbocycles. The predicted molar refractivity (Wildman–Crippen MR) is 53.8 cm³/mol. The summed E-state index contributed by atoms with van der Waals surface area (Å²) in [7, 11) is 0. The zero-order valence-corrected chi connectivity index (χ0v) is 8.56. The average Bonchev–Trinajstić information content (AvgIpc) is 2.03. The molecule has 60 valence electrons. The molecule has 0 aromatic carbocycles. The second kappa shape index (κ2) is 5.35. The molecule has 2 heteroatoms. The van der Waals surface area contributed by atoms with E-state index < -0.39 is 0 Å². The van der Waals surface area contributed by atoms with Crippen LogP contribution in [0.2, 0.25) is 0 Å². The van der Waals surface area contributed by atoms with Gasteiger partial charge < -0.3 is 5.32 Å². The van der Waals surface area contributed by atoms with Crippen LogP contribution < -0.4 is 5.32 Å². The Labute approximate surface area is 77.1 Å². The fourth-order valence-corrected chi connectivity index (χ4v) is 1.93. The van der Waals surface area contributed by atoms with Crippen LogP contribution in [0.15, 0.2) is 0 Å². The molecule has 1 aliphatic heterocycles. The molecule has 0 bridgehead atoms. The van der Waals surface area contributed by atoms with Crippen LogP contribution in [-0.2, 0) is 0 Å². The van der Waals surface area contributed by atoms with Gasteiger partial charge in [0, 0.05) is 6.04 Å². The molecule has 1 N–H and O–H groups in total. The Balaban J connectivity index is 2.02. The first-order chi connectivity index (χ1) is 4.93. The van der Waals surface area contributed by atoms with Gasteiger partial charge in [-0.15, -0.1) is 0 Å². The van der Waals surface area contributed by atoms with Crippen LogP contribution in [0, 0.1) is 0 Å². The standard InChI is InChI=1S/C8H16IN/c9-6-3-5-8-4-1-2-7-10-8/h8,10H,1-7H2/t8-/m0/s1. The first kappa shape index (κ1) is 8.78. The minimum Gasteiger partial charge on any atom is -0.314 e. The summed E-state index contributed by atoms with van der Waals surface area (Å²) in [5.74, 6) is 0. The van der Waals surface area contributed by atoms with Crippen LogP contribution in [0.25, 0.3) is 0 Å². The van der Waals surface area contributed by atoms with Crippen molar-refractivity contribution in [3.8, 4) is 0 Å². The summed E-state index contributed by atoms with van der Waals surface area (Å²) in [6.07, 6.45) is 7.03. The van der Waals surface area contributed by atoms with Gasteiger partial charge in [0.25, 0.3) is 0 Å². The summed E-state index contributed by atoms with van der Waals surface area (Å²) in [5.41, 5.74) is 0. The van der Waals surface area contributed by atoms with Gasteiger partial charge in [0.1, 0.15) is 0 Å². The minimum absolute atomic E-state index is 0.850. The Morgan fingerprint density at radius 3 is 2.90 bits per heavy atom. The van der Waals surface area contributed by atoms with E-state index in [1.807, 2.05) is 0 Å². The SMILES string of the molecule is ICCC[C@@H]1CCCCN1. The number of alkyl halides is 1. The van der Waals surface area contributed by atoms with E-state index >= 15 is 0 Å². The normalized spacial score (nSPS) is 26.7. The molecule has 0 aromatic rings. The molecule has 0 aliphatic carbocycles. The summed E-state index contributed by atoms with van der Waals surface area (Å²) in [4.78, 5) is 0. The van der Waals surface area contributed by atoms with Crippen molar-refractivity contribution in [2.45, 2.75) is 38.1 Å². The van der Waals surface area contributed by atoms with E-state index in [-0.39, 0.29) is 0 Å². The maximum Gasteiger partial charge on any atom is 0.00673 e. The van der Waals surface area contributed by atoms with E-state index in [1.165, 1.54) is 43.1 Å². The number of nitrogens with one attached hydrogen (secondary N) is 1. The van der Waals surface area contributed by atoms with E-state index in [2.05, 4.69) is 27.9 Å². The second-order valence-electron chi connectivity index (χ2n) is 2.98. The fourth-order valence-electron chi connectivity index (χ4n) is 1.49. The van der Waals surface area contributed by atoms with Gasteiger partial charge in [0.05, 0.1) is 0 Å². The first-order valence-corrected chi connectivity index (χ1v) is 5.75. The van der Waals surface area contributed by atoms with Crippen LogP contribution in [0.1, 0.15) is 32.1 Å². The van der Waals surface area contributed by atoms with Gasteiger partial charge in [0.2, 0.25) is 0 Å². The monoisotopic (exact) mass is 253 g/mol. The number of halogens is 1. The first-order valence-electron chi connectivity index (χ1n) is 4.23. The van der Waals surface area contributed by atoms with E-state index in [0.29, 0.717) is 0 Å². The third-order valence-electron chi connectivity index (χ3n) is 2.10. The summed E-state index contributed by atoms with van der Waals surface area (Å²) in [6.45, 7) is 1.26. The topological polar surface area (TPSA) is 12.0 Å². The fraction of sp³-hybridized carbons (Fsp3) is 1.00. The molecule has 10 heavy (non-hydrogen) atoms. The quantitative estimate of drug-likeness (QED) is 0.601. The molecule has 0 radical (unpaired) electrons. The molecule has 1 aliphatic rings. The van der Waals surface area contributed by atoms with Gasteiger partial charge in [-0.25, -0.2) is 0 Å². The lowest BCUT2D eigenvalue weighted by molar-refractivity contribution is 0.381. The maximum atomic E-state index is 3.55. The summed E-state index contributed by atoms with van der Waals surface area (Å²) in [5, 5.41) is 3.55. The Bertz CT molecular complexity index is 79.3. The van der Waals surface area contributed by atoms with Gasteiger partial charge in [-0.05, 0) is 36.7 Å². The maximum absolute atomic E-state index is 3.55. The molecule has 0 aromatic heterocycles. The molecule has 0 amide bonds. The molecule has 1 heterocycles. The van der Waals surface area contributed by atoms with Crippen molar-refractivity contribution in [3.05, 3.63) is 0 Å². The Morgan fingerprint density at radius 2 is 2.30 bits per heavy atom. The molecule has 1 saturated heterocycles. The van der Waals surface area contributed by atoms with Crippen molar-refractivity contribution in [1.29, 1.82) is 0 Å². The van der Waals surface area contributed by atoms with Gasteiger partial charge in [0.15, 0.2) is 0 Å². The van der Waals surface area contributed by atoms with Gasteiger partial charge in [-0.2, -0.15) is 0 Å². The van der Waals surface area contributed by atoms with Crippen molar-refractivity contribution in [2.24, 2.45) is 0 Å².